The molecule has 0 aromatic rings. The van der Waals surface area contributed by atoms with Gasteiger partial charge in [-0.3, -0.25) is 15.1 Å². The number of carbonyl (C=O) groups excluding carboxylic acids is 1. The van der Waals surface area contributed by atoms with Crippen LogP contribution in [-0.4, -0.2) is 41.9 Å². The smallest absolute Gasteiger partial charge is 0.222 e. The van der Waals surface area contributed by atoms with Gasteiger partial charge in [0.15, 0.2) is 11.4 Å². The first-order chi connectivity index (χ1) is 7.17. The molecule has 1 rings (SSSR count). The summed E-state index contributed by atoms with van der Waals surface area (Å²) in [6.45, 7) is 0.635. The van der Waals surface area contributed by atoms with Gasteiger partial charge in [0.25, 0.3) is 0 Å². The largest absolute Gasteiger partial charge is 0.344 e. The van der Waals surface area contributed by atoms with E-state index in [1.807, 2.05) is 12.4 Å². The first-order valence-electron chi connectivity index (χ1n) is 4.68. The molecule has 1 saturated heterocycles. The second-order valence-electron chi connectivity index (χ2n) is 3.34. The minimum Gasteiger partial charge on any atom is -0.344 e. The first kappa shape index (κ1) is 11.9. The van der Waals surface area contributed by atoms with E-state index in [4.69, 9.17) is 5.26 Å². The summed E-state index contributed by atoms with van der Waals surface area (Å²) in [5, 5.41) is 11.6. The van der Waals surface area contributed by atoms with E-state index in [1.165, 1.54) is 11.8 Å². The minimum absolute atomic E-state index is 0.107. The molecule has 0 bridgehead atoms. The molecule has 0 radical (unpaired) electrons. The summed E-state index contributed by atoms with van der Waals surface area (Å²) in [5.74, 6) is 0.167. The van der Waals surface area contributed by atoms with Crippen molar-refractivity contribution in [3.05, 3.63) is 0 Å². The number of piperidine rings is 1. The number of carbonyl (C=O) groups is 1. The SMILES string of the molecule is CSC(=NC1CCC(=O)N(C)C1)NC#N. The van der Waals surface area contributed by atoms with Crippen molar-refractivity contribution < 1.29 is 4.79 Å². The maximum Gasteiger partial charge on any atom is 0.222 e. The maximum atomic E-state index is 11.2. The third kappa shape index (κ3) is 3.44. The number of thioether (sulfide) groups is 1. The van der Waals surface area contributed by atoms with Crippen molar-refractivity contribution >= 4 is 22.8 Å². The number of likely N-dealkylation sites (N-methyl/N-ethyl adjacent to an activating group) is 1. The van der Waals surface area contributed by atoms with Crippen molar-refractivity contribution in [2.45, 2.75) is 18.9 Å². The monoisotopic (exact) mass is 226 g/mol. The molecule has 1 atom stereocenters. The number of nitrogens with zero attached hydrogens (tertiary/aromatic N) is 3. The van der Waals surface area contributed by atoms with Crippen LogP contribution in [0.4, 0.5) is 0 Å². The van der Waals surface area contributed by atoms with Gasteiger partial charge >= 0.3 is 0 Å². The van der Waals surface area contributed by atoms with Gasteiger partial charge in [-0.2, -0.15) is 5.26 Å². The molecule has 1 aliphatic heterocycles. The molecule has 5 nitrogen and oxygen atoms in total. The van der Waals surface area contributed by atoms with Crippen LogP contribution in [0.1, 0.15) is 12.8 Å². The number of likely N-dealkylation sites (tertiary alicyclic amines) is 1. The van der Waals surface area contributed by atoms with Gasteiger partial charge in [-0.15, -0.1) is 0 Å². The summed E-state index contributed by atoms with van der Waals surface area (Å²) >= 11 is 1.40. The molecule has 6 heteroatoms. The maximum absolute atomic E-state index is 11.2. The Morgan fingerprint density at radius 2 is 2.53 bits per heavy atom. The molecule has 0 aromatic carbocycles. The highest BCUT2D eigenvalue weighted by atomic mass is 32.2. The molecule has 0 aromatic heterocycles. The Bertz CT molecular complexity index is 310. The quantitative estimate of drug-likeness (QED) is 0.304. The van der Waals surface area contributed by atoms with Gasteiger partial charge < -0.3 is 4.90 Å². The van der Waals surface area contributed by atoms with Crippen molar-refractivity contribution in [3.63, 3.8) is 0 Å². The highest BCUT2D eigenvalue weighted by molar-refractivity contribution is 8.13. The molecule has 1 fully saturated rings. The molecule has 82 valence electrons. The Kier molecular flexibility index (Phi) is 4.43. The van der Waals surface area contributed by atoms with Gasteiger partial charge in [0.05, 0.1) is 6.04 Å². The summed E-state index contributed by atoms with van der Waals surface area (Å²) in [5.41, 5.74) is 0. The predicted octanol–water partition coefficient (Wildman–Crippen LogP) is 0.397. The molecule has 0 aliphatic carbocycles. The topological polar surface area (TPSA) is 68.5 Å². The van der Waals surface area contributed by atoms with E-state index in [0.717, 1.165) is 6.42 Å². The molecule has 1 amide bonds. The van der Waals surface area contributed by atoms with Gasteiger partial charge in [0, 0.05) is 20.0 Å². The lowest BCUT2D eigenvalue weighted by Crippen LogP contribution is -2.39. The van der Waals surface area contributed by atoms with Gasteiger partial charge in [-0.1, -0.05) is 11.8 Å². The highest BCUT2D eigenvalue weighted by Gasteiger charge is 2.22. The summed E-state index contributed by atoms with van der Waals surface area (Å²) < 4.78 is 0. The normalized spacial score (nSPS) is 22.5. The van der Waals surface area contributed by atoms with Crippen LogP contribution in [0.15, 0.2) is 4.99 Å². The van der Waals surface area contributed by atoms with E-state index in [0.29, 0.717) is 18.1 Å². The van der Waals surface area contributed by atoms with Crippen LogP contribution in [0.5, 0.6) is 0 Å². The van der Waals surface area contributed by atoms with Crippen molar-refractivity contribution in [1.82, 2.24) is 10.2 Å². The molecule has 0 spiro atoms. The van der Waals surface area contributed by atoms with Crippen molar-refractivity contribution in [1.29, 1.82) is 5.26 Å². The fraction of sp³-hybridized carbons (Fsp3) is 0.667. The third-order valence-corrected chi connectivity index (χ3v) is 2.85. The fourth-order valence-electron chi connectivity index (χ4n) is 1.45. The number of aliphatic imine (C=N–C) groups is 1. The second kappa shape index (κ2) is 5.61. The fourth-order valence-corrected chi connectivity index (χ4v) is 1.85. The summed E-state index contributed by atoms with van der Waals surface area (Å²) in [4.78, 5) is 17.3. The Hall–Kier alpha value is -1.22. The lowest BCUT2D eigenvalue weighted by atomic mass is 10.1. The van der Waals surface area contributed by atoms with Crippen molar-refractivity contribution in [2.75, 3.05) is 19.8 Å². The van der Waals surface area contributed by atoms with Gasteiger partial charge in [-0.05, 0) is 12.7 Å². The third-order valence-electron chi connectivity index (χ3n) is 2.26. The average Bonchev–Trinajstić information content (AvgIpc) is 2.23. The zero-order valence-corrected chi connectivity index (χ0v) is 9.67. The number of hydrogen-bond donors (Lipinski definition) is 1. The van der Waals surface area contributed by atoms with Crippen LogP contribution in [0.25, 0.3) is 0 Å². The zero-order valence-electron chi connectivity index (χ0n) is 8.86. The number of nitriles is 1. The van der Waals surface area contributed by atoms with E-state index in [9.17, 15) is 4.79 Å². The number of amidine groups is 1. The molecule has 15 heavy (non-hydrogen) atoms. The first-order valence-corrected chi connectivity index (χ1v) is 5.90. The number of hydrogen-bond acceptors (Lipinski definition) is 4. The lowest BCUT2D eigenvalue weighted by Gasteiger charge is -2.27. The van der Waals surface area contributed by atoms with E-state index in [1.54, 1.807) is 11.9 Å². The highest BCUT2D eigenvalue weighted by Crippen LogP contribution is 2.14. The van der Waals surface area contributed by atoms with Crippen LogP contribution in [0.3, 0.4) is 0 Å². The molecule has 0 saturated carbocycles. The van der Waals surface area contributed by atoms with Crippen molar-refractivity contribution in [2.24, 2.45) is 4.99 Å². The van der Waals surface area contributed by atoms with Crippen LogP contribution in [0.2, 0.25) is 0 Å². The van der Waals surface area contributed by atoms with Gasteiger partial charge in [-0.25, -0.2) is 0 Å². The molecule has 1 heterocycles. The van der Waals surface area contributed by atoms with Crippen LogP contribution >= 0.6 is 11.8 Å². The van der Waals surface area contributed by atoms with Gasteiger partial charge in [0.1, 0.15) is 0 Å². The average molecular weight is 226 g/mol. The van der Waals surface area contributed by atoms with E-state index < -0.39 is 0 Å². The molecule has 1 aliphatic rings. The number of amides is 1. The lowest BCUT2D eigenvalue weighted by molar-refractivity contribution is -0.132. The minimum atomic E-state index is 0.107. The van der Waals surface area contributed by atoms with E-state index >= 15 is 0 Å². The molecule has 1 N–H and O–H groups in total. The predicted molar refractivity (Wildman–Crippen MR) is 60.4 cm³/mol. The summed E-state index contributed by atoms with van der Waals surface area (Å²) in [6.07, 6.45) is 5.01. The van der Waals surface area contributed by atoms with Crippen LogP contribution in [-0.2, 0) is 4.79 Å². The van der Waals surface area contributed by atoms with Crippen molar-refractivity contribution in [3.8, 4) is 6.19 Å². The summed E-state index contributed by atoms with van der Waals surface area (Å²) in [7, 11) is 1.78. The number of rotatable bonds is 1. The van der Waals surface area contributed by atoms with E-state index in [2.05, 4.69) is 10.3 Å². The molecular formula is C9H14N4OS. The Balaban J connectivity index is 2.58. The van der Waals surface area contributed by atoms with Gasteiger partial charge in [0.2, 0.25) is 5.91 Å². The Morgan fingerprint density at radius 1 is 1.80 bits per heavy atom. The Labute approximate surface area is 93.5 Å². The standard InChI is InChI=1S/C9H14N4OS/c1-13-5-7(3-4-8(13)14)12-9(15-2)11-6-10/h7H,3-5H2,1-2H3,(H,11,12). The van der Waals surface area contributed by atoms with E-state index in [-0.39, 0.29) is 11.9 Å². The Morgan fingerprint density at radius 3 is 3.07 bits per heavy atom. The zero-order chi connectivity index (χ0) is 11.3. The number of nitrogens with one attached hydrogen (secondary N) is 1. The summed E-state index contributed by atoms with van der Waals surface area (Å²) in [6, 6.07) is 0.107. The van der Waals surface area contributed by atoms with Crippen LogP contribution < -0.4 is 5.32 Å². The molecule has 1 unspecified atom stereocenters. The second-order valence-corrected chi connectivity index (χ2v) is 4.14. The molecular weight excluding hydrogens is 212 g/mol. The van der Waals surface area contributed by atoms with Crippen LogP contribution in [0, 0.1) is 11.5 Å².